The third-order valence-electron chi connectivity index (χ3n) is 6.34. The fourth-order valence-corrected chi connectivity index (χ4v) is 4.36. The zero-order valence-electron chi connectivity index (χ0n) is 18.3. The minimum absolute atomic E-state index is 0.147. The number of aryl methyl sites for hydroxylation is 1. The van der Waals surface area contributed by atoms with E-state index in [1.54, 1.807) is 6.20 Å². The van der Waals surface area contributed by atoms with Gasteiger partial charge >= 0.3 is 0 Å². The van der Waals surface area contributed by atoms with E-state index in [1.165, 1.54) is 64.2 Å². The molecule has 0 radical (unpaired) electrons. The molecule has 28 heavy (non-hydrogen) atoms. The lowest BCUT2D eigenvalue weighted by molar-refractivity contribution is 0.183. The van der Waals surface area contributed by atoms with Gasteiger partial charge < -0.3 is 4.74 Å². The van der Waals surface area contributed by atoms with Crippen LogP contribution < -0.4 is 4.74 Å². The Morgan fingerprint density at radius 1 is 0.964 bits per heavy atom. The molecule has 1 unspecified atom stereocenters. The SMILES string of the molecule is CCCCCCC(F)COc1ccc(CCC2CCC(CCCC)CC2)nc1. The van der Waals surface area contributed by atoms with Gasteiger partial charge in [0.05, 0.1) is 6.20 Å². The Labute approximate surface area is 172 Å². The van der Waals surface area contributed by atoms with Crippen molar-refractivity contribution in [1.29, 1.82) is 0 Å². The Balaban J connectivity index is 1.59. The summed E-state index contributed by atoms with van der Waals surface area (Å²) < 4.78 is 19.5. The average molecular weight is 392 g/mol. The molecule has 2 nitrogen and oxygen atoms in total. The van der Waals surface area contributed by atoms with E-state index in [2.05, 4.69) is 24.9 Å². The average Bonchev–Trinajstić information content (AvgIpc) is 2.74. The number of alkyl halides is 1. The van der Waals surface area contributed by atoms with Crippen molar-refractivity contribution in [3.63, 3.8) is 0 Å². The number of aromatic nitrogens is 1. The Hall–Kier alpha value is -1.12. The van der Waals surface area contributed by atoms with Gasteiger partial charge in [-0.15, -0.1) is 0 Å². The first-order chi connectivity index (χ1) is 13.7. The van der Waals surface area contributed by atoms with E-state index in [-0.39, 0.29) is 6.61 Å². The van der Waals surface area contributed by atoms with Gasteiger partial charge in [-0.3, -0.25) is 4.98 Å². The fourth-order valence-electron chi connectivity index (χ4n) is 4.36. The Morgan fingerprint density at radius 2 is 1.68 bits per heavy atom. The quantitative estimate of drug-likeness (QED) is 0.303. The molecule has 3 heteroatoms. The molecule has 1 aliphatic carbocycles. The second-order valence-electron chi connectivity index (χ2n) is 8.81. The van der Waals surface area contributed by atoms with Gasteiger partial charge in [0.1, 0.15) is 18.5 Å². The molecule has 0 amide bonds. The summed E-state index contributed by atoms with van der Waals surface area (Å²) in [6, 6.07) is 4.00. The first kappa shape index (κ1) is 23.2. The van der Waals surface area contributed by atoms with Crippen LogP contribution in [0.2, 0.25) is 0 Å². The highest BCUT2D eigenvalue weighted by Crippen LogP contribution is 2.34. The molecule has 1 fully saturated rings. The number of hydrogen-bond acceptors (Lipinski definition) is 2. The molecule has 1 aliphatic rings. The lowest BCUT2D eigenvalue weighted by atomic mass is 9.78. The Kier molecular flexibility index (Phi) is 11.5. The Bertz CT molecular complexity index is 496. The van der Waals surface area contributed by atoms with Crippen LogP contribution in [0.3, 0.4) is 0 Å². The Morgan fingerprint density at radius 3 is 2.32 bits per heavy atom. The summed E-state index contributed by atoms with van der Waals surface area (Å²) in [5.74, 6) is 2.55. The van der Waals surface area contributed by atoms with Crippen LogP contribution in [0.5, 0.6) is 5.75 Å². The van der Waals surface area contributed by atoms with Crippen LogP contribution in [0.15, 0.2) is 18.3 Å². The minimum atomic E-state index is -0.871. The molecule has 1 aromatic heterocycles. The summed E-state index contributed by atoms with van der Waals surface area (Å²) in [6.07, 6.45) is 18.0. The van der Waals surface area contributed by atoms with E-state index in [4.69, 9.17) is 4.74 Å². The lowest BCUT2D eigenvalue weighted by Crippen LogP contribution is -2.15. The van der Waals surface area contributed by atoms with E-state index in [9.17, 15) is 4.39 Å². The highest BCUT2D eigenvalue weighted by molar-refractivity contribution is 5.20. The predicted octanol–water partition coefficient (Wildman–Crippen LogP) is 7.70. The third-order valence-corrected chi connectivity index (χ3v) is 6.34. The van der Waals surface area contributed by atoms with Crippen molar-refractivity contribution >= 4 is 0 Å². The molecule has 160 valence electrons. The van der Waals surface area contributed by atoms with Crippen molar-refractivity contribution in [2.45, 2.75) is 110 Å². The zero-order valence-corrected chi connectivity index (χ0v) is 18.3. The van der Waals surface area contributed by atoms with E-state index in [1.807, 2.05) is 6.07 Å². The normalized spacial score (nSPS) is 20.8. The second-order valence-corrected chi connectivity index (χ2v) is 8.81. The summed E-state index contributed by atoms with van der Waals surface area (Å²) in [7, 11) is 0. The van der Waals surface area contributed by atoms with Gasteiger partial charge in [-0.25, -0.2) is 4.39 Å². The fraction of sp³-hybridized carbons (Fsp3) is 0.800. The number of hydrogen-bond donors (Lipinski definition) is 0. The van der Waals surface area contributed by atoms with Gasteiger partial charge in [0.25, 0.3) is 0 Å². The first-order valence-electron chi connectivity index (χ1n) is 11.9. The predicted molar refractivity (Wildman–Crippen MR) is 117 cm³/mol. The van der Waals surface area contributed by atoms with Crippen molar-refractivity contribution in [1.82, 2.24) is 4.98 Å². The van der Waals surface area contributed by atoms with E-state index in [0.29, 0.717) is 12.2 Å². The third kappa shape index (κ3) is 9.39. The van der Waals surface area contributed by atoms with Crippen LogP contribution in [0.4, 0.5) is 4.39 Å². The van der Waals surface area contributed by atoms with Gasteiger partial charge in [-0.2, -0.15) is 0 Å². The van der Waals surface area contributed by atoms with Crippen LogP contribution in [0.1, 0.15) is 103 Å². The molecular weight excluding hydrogens is 349 g/mol. The molecule has 0 aromatic carbocycles. The number of halogens is 1. The van der Waals surface area contributed by atoms with Crippen molar-refractivity contribution in [2.75, 3.05) is 6.61 Å². The van der Waals surface area contributed by atoms with Crippen LogP contribution in [-0.4, -0.2) is 17.8 Å². The van der Waals surface area contributed by atoms with E-state index >= 15 is 0 Å². The molecule has 0 N–H and O–H groups in total. The summed E-state index contributed by atoms with van der Waals surface area (Å²) in [5, 5.41) is 0. The van der Waals surface area contributed by atoms with Gasteiger partial charge in [0, 0.05) is 5.69 Å². The van der Waals surface area contributed by atoms with Crippen LogP contribution in [0, 0.1) is 11.8 Å². The minimum Gasteiger partial charge on any atom is -0.489 e. The van der Waals surface area contributed by atoms with Crippen molar-refractivity contribution in [2.24, 2.45) is 11.8 Å². The smallest absolute Gasteiger partial charge is 0.137 e. The van der Waals surface area contributed by atoms with Gasteiger partial charge in [0.2, 0.25) is 0 Å². The molecule has 1 aromatic rings. The molecule has 0 aliphatic heterocycles. The number of nitrogens with zero attached hydrogens (tertiary/aromatic N) is 1. The maximum Gasteiger partial charge on any atom is 0.137 e. The number of rotatable bonds is 14. The molecule has 1 saturated carbocycles. The monoisotopic (exact) mass is 391 g/mol. The van der Waals surface area contributed by atoms with E-state index < -0.39 is 6.17 Å². The molecule has 0 bridgehead atoms. The molecule has 1 heterocycles. The second kappa shape index (κ2) is 14.0. The molecule has 2 rings (SSSR count). The van der Waals surface area contributed by atoms with Crippen LogP contribution >= 0.6 is 0 Å². The van der Waals surface area contributed by atoms with Crippen molar-refractivity contribution in [3.05, 3.63) is 24.0 Å². The summed E-state index contributed by atoms with van der Waals surface area (Å²) in [4.78, 5) is 4.54. The zero-order chi connectivity index (χ0) is 20.0. The number of ether oxygens (including phenoxy) is 1. The van der Waals surface area contributed by atoms with Crippen LogP contribution in [-0.2, 0) is 6.42 Å². The number of pyridine rings is 1. The largest absolute Gasteiger partial charge is 0.489 e. The van der Waals surface area contributed by atoms with Crippen LogP contribution in [0.25, 0.3) is 0 Å². The van der Waals surface area contributed by atoms with Gasteiger partial charge in [-0.05, 0) is 43.2 Å². The molecule has 0 saturated heterocycles. The van der Waals surface area contributed by atoms with Crippen molar-refractivity contribution < 1.29 is 9.13 Å². The van der Waals surface area contributed by atoms with Crippen molar-refractivity contribution in [3.8, 4) is 5.75 Å². The highest BCUT2D eigenvalue weighted by Gasteiger charge is 2.20. The lowest BCUT2D eigenvalue weighted by Gasteiger charge is -2.28. The first-order valence-corrected chi connectivity index (χ1v) is 11.9. The highest BCUT2D eigenvalue weighted by atomic mass is 19.1. The summed E-state index contributed by atoms with van der Waals surface area (Å²) >= 11 is 0. The van der Waals surface area contributed by atoms with E-state index in [0.717, 1.165) is 36.8 Å². The van der Waals surface area contributed by atoms with Gasteiger partial charge in [0.15, 0.2) is 0 Å². The number of unbranched alkanes of at least 4 members (excludes halogenated alkanes) is 4. The topological polar surface area (TPSA) is 22.1 Å². The molecule has 1 atom stereocenters. The summed E-state index contributed by atoms with van der Waals surface area (Å²) in [5.41, 5.74) is 1.14. The standard InChI is InChI=1S/C25H42FNO/c1-3-5-7-8-10-23(26)20-28-25-18-17-24(27-19-25)16-15-22-13-11-21(12-14-22)9-6-4-2/h17-19,21-23H,3-16,20H2,1-2H3. The molecule has 0 spiro atoms. The molecular formula is C25H42FNO. The summed E-state index contributed by atoms with van der Waals surface area (Å²) in [6.45, 7) is 4.61. The van der Waals surface area contributed by atoms with Gasteiger partial charge in [-0.1, -0.05) is 84.5 Å². The maximum absolute atomic E-state index is 13.9. The maximum atomic E-state index is 13.9.